The first kappa shape index (κ1) is 11.9. The third kappa shape index (κ3) is 2.55. The van der Waals surface area contributed by atoms with E-state index in [2.05, 4.69) is 22.6 Å². The molecule has 1 heterocycles. The Balaban J connectivity index is 1.90. The smallest absolute Gasteiger partial charge is 0.182 e. The lowest BCUT2D eigenvalue weighted by atomic mass is 9.87. The second-order valence-corrected chi connectivity index (χ2v) is 5.57. The molecular weight excluding hydrogens is 220 g/mol. The minimum absolute atomic E-state index is 0.109. The molecule has 2 N–H and O–H groups in total. The zero-order valence-corrected chi connectivity index (χ0v) is 10.6. The predicted octanol–water partition coefficient (Wildman–Crippen LogP) is 2.67. The maximum Gasteiger partial charge on any atom is 0.182 e. The second kappa shape index (κ2) is 5.15. The van der Waals surface area contributed by atoms with Crippen molar-refractivity contribution >= 4 is 16.5 Å². The number of aryl methyl sites for hydroxylation is 1. The Morgan fingerprint density at radius 2 is 2.25 bits per heavy atom. The van der Waals surface area contributed by atoms with Gasteiger partial charge in [0.25, 0.3) is 0 Å². The normalized spacial score (nSPS) is 18.9. The van der Waals surface area contributed by atoms with E-state index in [1.807, 2.05) is 0 Å². The van der Waals surface area contributed by atoms with Gasteiger partial charge >= 0.3 is 0 Å². The van der Waals surface area contributed by atoms with Gasteiger partial charge in [0.15, 0.2) is 5.13 Å². The van der Waals surface area contributed by atoms with Gasteiger partial charge < -0.3 is 10.4 Å². The molecule has 0 aromatic carbocycles. The number of rotatable bonds is 5. The Morgan fingerprint density at radius 3 is 2.81 bits per heavy atom. The van der Waals surface area contributed by atoms with E-state index in [0.29, 0.717) is 6.61 Å². The van der Waals surface area contributed by atoms with E-state index in [4.69, 9.17) is 0 Å². The maximum absolute atomic E-state index is 9.49. The first-order chi connectivity index (χ1) is 7.78. The van der Waals surface area contributed by atoms with E-state index >= 15 is 0 Å². The van der Waals surface area contributed by atoms with Crippen molar-refractivity contribution in [3.63, 3.8) is 0 Å². The highest BCUT2D eigenvalue weighted by Crippen LogP contribution is 2.37. The number of aromatic nitrogens is 1. The number of aliphatic hydroxyl groups is 1. The summed E-state index contributed by atoms with van der Waals surface area (Å²) in [5.74, 6) is 0. The van der Waals surface area contributed by atoms with Crippen LogP contribution < -0.4 is 5.32 Å². The molecule has 0 atom stereocenters. The number of hydrogen-bond donors (Lipinski definition) is 2. The van der Waals surface area contributed by atoms with Gasteiger partial charge in [0.1, 0.15) is 0 Å². The van der Waals surface area contributed by atoms with Crippen LogP contribution >= 0.6 is 11.3 Å². The number of nitrogens with zero attached hydrogens (tertiary/aromatic N) is 1. The molecule has 0 aliphatic heterocycles. The molecule has 0 spiro atoms. The van der Waals surface area contributed by atoms with Crippen molar-refractivity contribution in [1.82, 2.24) is 4.98 Å². The number of hydrogen-bond acceptors (Lipinski definition) is 4. The Bertz CT molecular complexity index is 332. The van der Waals surface area contributed by atoms with Crippen molar-refractivity contribution in [2.75, 3.05) is 18.5 Å². The molecule has 3 nitrogen and oxygen atoms in total. The van der Waals surface area contributed by atoms with Crippen LogP contribution in [-0.4, -0.2) is 23.2 Å². The average Bonchev–Trinajstić information content (AvgIpc) is 2.96. The van der Waals surface area contributed by atoms with Crippen LogP contribution in [0.15, 0.2) is 5.38 Å². The predicted molar refractivity (Wildman–Crippen MR) is 68.0 cm³/mol. The quantitative estimate of drug-likeness (QED) is 0.831. The van der Waals surface area contributed by atoms with Crippen molar-refractivity contribution in [3.05, 3.63) is 11.1 Å². The summed E-state index contributed by atoms with van der Waals surface area (Å²) >= 11 is 1.66. The monoisotopic (exact) mass is 240 g/mol. The summed E-state index contributed by atoms with van der Waals surface area (Å²) in [6, 6.07) is 0. The number of anilines is 1. The number of nitrogens with one attached hydrogen (secondary N) is 1. The summed E-state index contributed by atoms with van der Waals surface area (Å²) in [5, 5.41) is 16.0. The first-order valence-corrected chi connectivity index (χ1v) is 6.95. The SMILES string of the molecule is CCc1csc(NCC2(CO)CCCC2)n1. The summed E-state index contributed by atoms with van der Waals surface area (Å²) in [7, 11) is 0. The topological polar surface area (TPSA) is 45.1 Å². The summed E-state index contributed by atoms with van der Waals surface area (Å²) in [4.78, 5) is 4.48. The molecule has 4 heteroatoms. The average molecular weight is 240 g/mol. The zero-order chi connectivity index (χ0) is 11.4. The Labute approximate surface area is 101 Å². The van der Waals surface area contributed by atoms with Gasteiger partial charge in [-0.15, -0.1) is 11.3 Å². The standard InChI is InChI=1S/C12H20N2OS/c1-2-10-7-16-11(14-10)13-8-12(9-15)5-3-4-6-12/h7,15H,2-6,8-9H2,1H3,(H,13,14). The molecule has 0 radical (unpaired) electrons. The molecule has 0 saturated heterocycles. The van der Waals surface area contributed by atoms with Gasteiger partial charge in [-0.25, -0.2) is 4.98 Å². The van der Waals surface area contributed by atoms with Gasteiger partial charge in [0, 0.05) is 17.3 Å². The van der Waals surface area contributed by atoms with Crippen molar-refractivity contribution < 1.29 is 5.11 Å². The van der Waals surface area contributed by atoms with E-state index in [1.54, 1.807) is 11.3 Å². The lowest BCUT2D eigenvalue weighted by Gasteiger charge is -2.26. The molecule has 90 valence electrons. The maximum atomic E-state index is 9.49. The van der Waals surface area contributed by atoms with Crippen LogP contribution in [0.25, 0.3) is 0 Å². The molecule has 1 aliphatic rings. The molecule has 1 aliphatic carbocycles. The van der Waals surface area contributed by atoms with Crippen LogP contribution in [-0.2, 0) is 6.42 Å². The van der Waals surface area contributed by atoms with Gasteiger partial charge in [0.2, 0.25) is 0 Å². The Morgan fingerprint density at radius 1 is 1.50 bits per heavy atom. The molecule has 0 bridgehead atoms. The van der Waals surface area contributed by atoms with E-state index in [1.165, 1.54) is 12.8 Å². The largest absolute Gasteiger partial charge is 0.396 e. The van der Waals surface area contributed by atoms with Gasteiger partial charge in [-0.2, -0.15) is 0 Å². The second-order valence-electron chi connectivity index (χ2n) is 4.72. The minimum atomic E-state index is 0.109. The fourth-order valence-corrected chi connectivity index (χ4v) is 3.12. The van der Waals surface area contributed by atoms with E-state index in [0.717, 1.165) is 36.6 Å². The molecule has 1 aromatic rings. The van der Waals surface area contributed by atoms with Crippen LogP contribution in [0.5, 0.6) is 0 Å². The highest BCUT2D eigenvalue weighted by Gasteiger charge is 2.33. The van der Waals surface area contributed by atoms with Crippen LogP contribution in [0.3, 0.4) is 0 Å². The van der Waals surface area contributed by atoms with E-state index in [9.17, 15) is 5.11 Å². The molecule has 0 unspecified atom stereocenters. The number of aliphatic hydroxyl groups excluding tert-OH is 1. The molecule has 16 heavy (non-hydrogen) atoms. The highest BCUT2D eigenvalue weighted by atomic mass is 32.1. The van der Waals surface area contributed by atoms with Gasteiger partial charge in [-0.3, -0.25) is 0 Å². The summed E-state index contributed by atoms with van der Waals surface area (Å²) in [6.45, 7) is 3.27. The fraction of sp³-hybridized carbons (Fsp3) is 0.750. The van der Waals surface area contributed by atoms with Crippen LogP contribution in [0.4, 0.5) is 5.13 Å². The summed E-state index contributed by atoms with van der Waals surface area (Å²) in [6.07, 6.45) is 5.77. The van der Waals surface area contributed by atoms with Crippen molar-refractivity contribution in [2.24, 2.45) is 5.41 Å². The van der Waals surface area contributed by atoms with Crippen molar-refractivity contribution in [2.45, 2.75) is 39.0 Å². The van der Waals surface area contributed by atoms with Crippen molar-refractivity contribution in [3.8, 4) is 0 Å². The molecule has 1 aromatic heterocycles. The van der Waals surface area contributed by atoms with Gasteiger partial charge in [-0.1, -0.05) is 19.8 Å². The van der Waals surface area contributed by atoms with Crippen LogP contribution in [0.1, 0.15) is 38.3 Å². The first-order valence-electron chi connectivity index (χ1n) is 6.07. The van der Waals surface area contributed by atoms with Crippen LogP contribution in [0, 0.1) is 5.41 Å². The fourth-order valence-electron chi connectivity index (χ4n) is 2.33. The van der Waals surface area contributed by atoms with E-state index in [-0.39, 0.29) is 5.41 Å². The summed E-state index contributed by atoms with van der Waals surface area (Å²) in [5.41, 5.74) is 1.26. The zero-order valence-electron chi connectivity index (χ0n) is 9.83. The molecule has 0 amide bonds. The van der Waals surface area contributed by atoms with Gasteiger partial charge in [0.05, 0.1) is 12.3 Å². The van der Waals surface area contributed by atoms with E-state index < -0.39 is 0 Å². The molecular formula is C12H20N2OS. The third-order valence-corrected chi connectivity index (χ3v) is 4.38. The highest BCUT2D eigenvalue weighted by molar-refractivity contribution is 7.13. The Kier molecular flexibility index (Phi) is 3.82. The van der Waals surface area contributed by atoms with Gasteiger partial charge in [-0.05, 0) is 19.3 Å². The lowest BCUT2D eigenvalue weighted by Crippen LogP contribution is -2.30. The number of thiazole rings is 1. The van der Waals surface area contributed by atoms with Crippen LogP contribution in [0.2, 0.25) is 0 Å². The molecule has 1 saturated carbocycles. The lowest BCUT2D eigenvalue weighted by molar-refractivity contribution is 0.142. The molecule has 2 rings (SSSR count). The third-order valence-electron chi connectivity index (χ3n) is 3.53. The Hall–Kier alpha value is -0.610. The van der Waals surface area contributed by atoms with Crippen molar-refractivity contribution in [1.29, 1.82) is 0 Å². The minimum Gasteiger partial charge on any atom is -0.396 e. The molecule has 1 fully saturated rings. The summed E-state index contributed by atoms with van der Waals surface area (Å²) < 4.78 is 0.